The number of hydrogen-bond acceptors (Lipinski definition) is 4. The van der Waals surface area contributed by atoms with Gasteiger partial charge in [0.15, 0.2) is 0 Å². The zero-order valence-electron chi connectivity index (χ0n) is 28.3. The number of benzene rings is 1. The molecule has 4 fully saturated rings. The molecule has 0 bridgehead atoms. The Kier molecular flexibility index (Phi) is 7.54. The lowest BCUT2D eigenvalue weighted by Gasteiger charge is -2.72. The molecule has 4 saturated carbocycles. The number of aromatic carboxylic acids is 1. The Hall–Kier alpha value is -2.66. The van der Waals surface area contributed by atoms with E-state index in [0.717, 1.165) is 43.0 Å². The molecular formula is C40H55N3O2. The fraction of sp³-hybridized carbons (Fsp3) is 0.650. The molecule has 242 valence electrons. The van der Waals surface area contributed by atoms with Gasteiger partial charge in [0.05, 0.1) is 5.56 Å². The molecule has 7 unspecified atom stereocenters. The summed E-state index contributed by atoms with van der Waals surface area (Å²) in [5.74, 6) is 2.12. The van der Waals surface area contributed by atoms with Gasteiger partial charge in [-0.1, -0.05) is 59.2 Å². The molecule has 3 N–H and O–H groups in total. The highest BCUT2D eigenvalue weighted by Crippen LogP contribution is 2.76. The van der Waals surface area contributed by atoms with Crippen molar-refractivity contribution in [3.8, 4) is 0 Å². The van der Waals surface area contributed by atoms with Gasteiger partial charge >= 0.3 is 5.97 Å². The van der Waals surface area contributed by atoms with Crippen molar-refractivity contribution in [2.75, 3.05) is 18.4 Å². The van der Waals surface area contributed by atoms with Crippen molar-refractivity contribution in [2.24, 2.45) is 45.3 Å². The third-order valence-electron chi connectivity index (χ3n) is 15.0. The van der Waals surface area contributed by atoms with Crippen LogP contribution in [-0.4, -0.2) is 34.7 Å². The summed E-state index contributed by atoms with van der Waals surface area (Å²) in [6.07, 6.45) is 19.6. The molecule has 0 spiro atoms. The fourth-order valence-electron chi connectivity index (χ4n) is 12.8. The van der Waals surface area contributed by atoms with E-state index >= 15 is 0 Å². The zero-order valence-corrected chi connectivity index (χ0v) is 28.3. The van der Waals surface area contributed by atoms with Crippen LogP contribution in [0.25, 0.3) is 5.57 Å². The molecular weight excluding hydrogens is 554 g/mol. The molecule has 0 aliphatic heterocycles. The molecule has 0 saturated heterocycles. The number of carboxylic acids is 1. The fourth-order valence-corrected chi connectivity index (χ4v) is 12.8. The molecule has 2 aromatic rings. The lowest BCUT2D eigenvalue weighted by Crippen LogP contribution is -2.67. The third-order valence-corrected chi connectivity index (χ3v) is 15.0. The first-order chi connectivity index (χ1) is 21.4. The van der Waals surface area contributed by atoms with Gasteiger partial charge in [-0.2, -0.15) is 0 Å². The average Bonchev–Trinajstić information content (AvgIpc) is 3.44. The highest BCUT2D eigenvalue weighted by Gasteiger charge is 2.69. The van der Waals surface area contributed by atoms with Crippen molar-refractivity contribution in [2.45, 2.75) is 104 Å². The van der Waals surface area contributed by atoms with Gasteiger partial charge in [0.2, 0.25) is 0 Å². The average molecular weight is 610 g/mol. The number of rotatable bonds is 7. The first-order valence-corrected chi connectivity index (χ1v) is 17.9. The summed E-state index contributed by atoms with van der Waals surface area (Å²) < 4.78 is 0. The maximum atomic E-state index is 11.5. The van der Waals surface area contributed by atoms with Gasteiger partial charge in [-0.05, 0) is 139 Å². The zero-order chi connectivity index (χ0) is 31.7. The lowest BCUT2D eigenvalue weighted by molar-refractivity contribution is -0.216. The van der Waals surface area contributed by atoms with Crippen LogP contribution in [0.15, 0.2) is 54.9 Å². The Morgan fingerprint density at radius 2 is 1.58 bits per heavy atom. The van der Waals surface area contributed by atoms with E-state index in [0.29, 0.717) is 27.9 Å². The van der Waals surface area contributed by atoms with Crippen molar-refractivity contribution < 1.29 is 9.90 Å². The van der Waals surface area contributed by atoms with Gasteiger partial charge in [0.25, 0.3) is 0 Å². The number of nitrogens with zero attached hydrogens (tertiary/aromatic N) is 1. The van der Waals surface area contributed by atoms with E-state index in [1.165, 1.54) is 68.9 Å². The summed E-state index contributed by atoms with van der Waals surface area (Å²) in [6.45, 7) is 15.1. The summed E-state index contributed by atoms with van der Waals surface area (Å²) in [4.78, 5) is 15.7. The van der Waals surface area contributed by atoms with Crippen molar-refractivity contribution in [3.05, 3.63) is 66.0 Å². The number of aromatic nitrogens is 1. The molecule has 5 nitrogen and oxygen atoms in total. The van der Waals surface area contributed by atoms with Gasteiger partial charge in [-0.15, -0.1) is 0 Å². The standard InChI is InChI=1S/C40H55N3O2/c1-36(2)30(27-8-10-28(11-9-27)35(44)45)14-19-37(3)33(36)15-20-39(5)34(37)13-12-31-32-7-6-18-40(32,22-21-38(31,39)4)43-26-25-42-29-16-23-41-24-17-29/h8-11,14,16-17,23-24,31-34,43H,6-7,12-13,15,18-22,25-26H2,1-5H3,(H,41,42)(H,44,45)/t31?,32?,33?,34?,37?,38-,39?,40?/m1/s1. The molecule has 1 aromatic carbocycles. The van der Waals surface area contributed by atoms with Gasteiger partial charge in [0, 0.05) is 36.7 Å². The molecule has 7 rings (SSSR count). The molecule has 5 aliphatic carbocycles. The number of anilines is 1. The largest absolute Gasteiger partial charge is 0.478 e. The highest BCUT2D eigenvalue weighted by molar-refractivity contribution is 5.88. The van der Waals surface area contributed by atoms with E-state index in [4.69, 9.17) is 0 Å². The monoisotopic (exact) mass is 609 g/mol. The van der Waals surface area contributed by atoms with Crippen LogP contribution in [0.3, 0.4) is 0 Å². The Labute approximate surface area is 271 Å². The summed E-state index contributed by atoms with van der Waals surface area (Å²) in [7, 11) is 0. The van der Waals surface area contributed by atoms with E-state index in [1.807, 2.05) is 24.5 Å². The van der Waals surface area contributed by atoms with Crippen LogP contribution >= 0.6 is 0 Å². The number of carbonyl (C=O) groups is 1. The minimum absolute atomic E-state index is 0.0538. The first-order valence-electron chi connectivity index (χ1n) is 17.9. The number of carboxylic acid groups (broad SMARTS) is 1. The number of fused-ring (bicyclic) bond motifs is 7. The maximum Gasteiger partial charge on any atom is 0.335 e. The number of hydrogen-bond donors (Lipinski definition) is 3. The van der Waals surface area contributed by atoms with Crippen LogP contribution in [0.2, 0.25) is 0 Å². The van der Waals surface area contributed by atoms with Crippen LogP contribution < -0.4 is 10.6 Å². The van der Waals surface area contributed by atoms with Crippen molar-refractivity contribution in [1.82, 2.24) is 10.3 Å². The Morgan fingerprint density at radius 1 is 0.822 bits per heavy atom. The maximum absolute atomic E-state index is 11.5. The molecule has 0 amide bonds. The Balaban J connectivity index is 1.11. The van der Waals surface area contributed by atoms with Crippen LogP contribution in [0, 0.1) is 45.3 Å². The number of nitrogens with one attached hydrogen (secondary N) is 2. The number of pyridine rings is 1. The van der Waals surface area contributed by atoms with E-state index < -0.39 is 5.97 Å². The Morgan fingerprint density at radius 3 is 2.31 bits per heavy atom. The minimum atomic E-state index is -0.854. The lowest BCUT2D eigenvalue weighted by atomic mass is 9.33. The summed E-state index contributed by atoms with van der Waals surface area (Å²) in [5.41, 5.74) is 5.55. The molecule has 8 atom stereocenters. The van der Waals surface area contributed by atoms with Crippen LogP contribution in [0.5, 0.6) is 0 Å². The highest BCUT2D eigenvalue weighted by atomic mass is 16.4. The molecule has 1 aromatic heterocycles. The molecule has 5 aliphatic rings. The molecule has 1 heterocycles. The number of allylic oxidation sites excluding steroid dienone is 2. The smallest absolute Gasteiger partial charge is 0.335 e. The van der Waals surface area contributed by atoms with Gasteiger partial charge in [-0.25, -0.2) is 4.79 Å². The van der Waals surface area contributed by atoms with E-state index in [-0.39, 0.29) is 10.8 Å². The summed E-state index contributed by atoms with van der Waals surface area (Å²) in [6, 6.07) is 11.7. The second kappa shape index (κ2) is 11.0. The molecule has 45 heavy (non-hydrogen) atoms. The van der Waals surface area contributed by atoms with Crippen molar-refractivity contribution >= 4 is 17.2 Å². The van der Waals surface area contributed by atoms with Crippen molar-refractivity contribution in [3.63, 3.8) is 0 Å². The predicted molar refractivity (Wildman–Crippen MR) is 183 cm³/mol. The Bertz CT molecular complexity index is 1450. The topological polar surface area (TPSA) is 74.2 Å². The summed E-state index contributed by atoms with van der Waals surface area (Å²) >= 11 is 0. The third kappa shape index (κ3) is 4.65. The normalized spacial score (nSPS) is 39.9. The van der Waals surface area contributed by atoms with E-state index in [1.54, 1.807) is 12.1 Å². The summed E-state index contributed by atoms with van der Waals surface area (Å²) in [5, 5.41) is 17.2. The molecule has 0 radical (unpaired) electrons. The van der Waals surface area contributed by atoms with E-state index in [9.17, 15) is 9.90 Å². The van der Waals surface area contributed by atoms with E-state index in [2.05, 4.69) is 68.4 Å². The minimum Gasteiger partial charge on any atom is -0.478 e. The van der Waals surface area contributed by atoms with Crippen LogP contribution in [0.4, 0.5) is 5.69 Å². The second-order valence-electron chi connectivity index (χ2n) is 16.8. The van der Waals surface area contributed by atoms with Gasteiger partial charge in [0.1, 0.15) is 0 Å². The first kappa shape index (κ1) is 31.0. The van der Waals surface area contributed by atoms with Gasteiger partial charge < -0.3 is 15.7 Å². The van der Waals surface area contributed by atoms with Crippen molar-refractivity contribution in [1.29, 1.82) is 0 Å². The van der Waals surface area contributed by atoms with Crippen LogP contribution in [0.1, 0.15) is 115 Å². The second-order valence-corrected chi connectivity index (χ2v) is 16.8. The molecule has 5 heteroatoms. The van der Waals surface area contributed by atoms with Crippen LogP contribution in [-0.2, 0) is 0 Å². The quantitative estimate of drug-likeness (QED) is 0.273. The predicted octanol–water partition coefficient (Wildman–Crippen LogP) is 9.08. The SMILES string of the molecule is CC1(C)C(c2ccc(C(=O)O)cc2)=CCC2(C)C1CCC1(C)C2CCC2C3CCCC3(NCCNc3ccncc3)CC[C@]21C. The van der Waals surface area contributed by atoms with Gasteiger partial charge in [-0.3, -0.25) is 4.98 Å².